The molecule has 1 amide bonds. The lowest BCUT2D eigenvalue weighted by Crippen LogP contribution is -2.45. The molecule has 0 aliphatic carbocycles. The number of carbonyl (C=O) groups is 2. The van der Waals surface area contributed by atoms with Gasteiger partial charge in [0.25, 0.3) is 0 Å². The Kier molecular flexibility index (Phi) is 60.5. The van der Waals surface area contributed by atoms with Gasteiger partial charge in [-0.25, -0.2) is 0 Å². The number of nitrogens with one attached hydrogen (secondary N) is 1. The summed E-state index contributed by atoms with van der Waals surface area (Å²) in [6, 6.07) is -0.586. The molecule has 6 nitrogen and oxygen atoms in total. The van der Waals surface area contributed by atoms with Gasteiger partial charge in [0, 0.05) is 12.8 Å². The number of allylic oxidation sites excluding steroid dienone is 4. The number of rotatable bonds is 61. The van der Waals surface area contributed by atoms with Crippen molar-refractivity contribution in [2.45, 2.75) is 373 Å². The van der Waals surface area contributed by atoms with Crippen LogP contribution in [0.2, 0.25) is 0 Å². The summed E-state index contributed by atoms with van der Waals surface area (Å²) in [6.45, 7) is 4.93. The second-order valence-electron chi connectivity index (χ2n) is 22.5. The Morgan fingerprint density at radius 3 is 1.08 bits per heavy atom. The van der Waals surface area contributed by atoms with Crippen LogP contribution >= 0.6 is 0 Å². The smallest absolute Gasteiger partial charge is 0.305 e. The Morgan fingerprint density at radius 2 is 0.708 bits per heavy atom. The van der Waals surface area contributed by atoms with Crippen molar-refractivity contribution in [1.29, 1.82) is 0 Å². The quantitative estimate of drug-likeness (QED) is 0.0320. The molecule has 2 unspecified atom stereocenters. The first-order chi connectivity index (χ1) is 35.5. The summed E-state index contributed by atoms with van der Waals surface area (Å²) in [5.74, 6) is -0.123. The van der Waals surface area contributed by atoms with Crippen molar-refractivity contribution in [3.63, 3.8) is 0 Å². The summed E-state index contributed by atoms with van der Waals surface area (Å²) in [6.07, 6.45) is 76.4. The van der Waals surface area contributed by atoms with E-state index in [2.05, 4.69) is 43.5 Å². The molecule has 0 bridgehead atoms. The summed E-state index contributed by atoms with van der Waals surface area (Å²) < 4.78 is 5.48. The number of hydrogen-bond donors (Lipinski definition) is 3. The Balaban J connectivity index is 3.49. The molecular formula is C66H127NO5. The first-order valence-corrected chi connectivity index (χ1v) is 32.6. The highest BCUT2D eigenvalue weighted by atomic mass is 16.5. The van der Waals surface area contributed by atoms with Crippen molar-refractivity contribution in [2.24, 2.45) is 0 Å². The monoisotopic (exact) mass is 1010 g/mol. The third kappa shape index (κ3) is 57.6. The van der Waals surface area contributed by atoms with Crippen LogP contribution in [0.5, 0.6) is 0 Å². The summed E-state index contributed by atoms with van der Waals surface area (Å²) in [4.78, 5) is 24.6. The zero-order valence-corrected chi connectivity index (χ0v) is 48.7. The molecule has 0 saturated heterocycles. The van der Waals surface area contributed by atoms with Crippen molar-refractivity contribution >= 4 is 11.9 Å². The van der Waals surface area contributed by atoms with E-state index in [4.69, 9.17) is 4.74 Å². The number of unbranched alkanes of at least 4 members (excludes halogenated alkanes) is 46. The van der Waals surface area contributed by atoms with Crippen LogP contribution in [-0.2, 0) is 14.3 Å². The molecule has 0 rings (SSSR count). The van der Waals surface area contributed by atoms with Crippen molar-refractivity contribution in [3.8, 4) is 0 Å². The van der Waals surface area contributed by atoms with Crippen molar-refractivity contribution in [2.75, 3.05) is 13.2 Å². The number of aliphatic hydroxyl groups is 2. The van der Waals surface area contributed by atoms with E-state index in [-0.39, 0.29) is 18.5 Å². The fourth-order valence-electron chi connectivity index (χ4n) is 10.3. The van der Waals surface area contributed by atoms with E-state index in [9.17, 15) is 19.8 Å². The van der Waals surface area contributed by atoms with Gasteiger partial charge in [-0.3, -0.25) is 9.59 Å². The van der Waals surface area contributed by atoms with E-state index >= 15 is 0 Å². The maximum absolute atomic E-state index is 12.5. The molecule has 0 aromatic carbocycles. The number of hydrogen-bond acceptors (Lipinski definition) is 5. The van der Waals surface area contributed by atoms with Gasteiger partial charge >= 0.3 is 5.97 Å². The molecule has 0 fully saturated rings. The maximum atomic E-state index is 12.5. The van der Waals surface area contributed by atoms with Crippen LogP contribution in [0.4, 0.5) is 0 Å². The lowest BCUT2D eigenvalue weighted by molar-refractivity contribution is -0.143. The van der Waals surface area contributed by atoms with Gasteiger partial charge < -0.3 is 20.3 Å². The van der Waals surface area contributed by atoms with E-state index in [0.29, 0.717) is 32.3 Å². The van der Waals surface area contributed by atoms with Crippen LogP contribution in [0.3, 0.4) is 0 Å². The summed E-state index contributed by atoms with van der Waals surface area (Å²) in [7, 11) is 0. The van der Waals surface area contributed by atoms with E-state index in [0.717, 1.165) is 51.4 Å². The SMILES string of the molecule is CCCCCCCCCCCCCCCCCCCCCCCCCCCC(O)C(CO)NC(=O)CC/C=C\C/C=C\CCCCCCCCOC(=O)CCCCCCCCCCCCCCCCCCC. The Labute approximate surface area is 450 Å². The molecule has 0 aliphatic rings. The van der Waals surface area contributed by atoms with E-state index in [1.54, 1.807) is 0 Å². The predicted octanol–water partition coefficient (Wildman–Crippen LogP) is 20.6. The van der Waals surface area contributed by atoms with Crippen LogP contribution in [-0.4, -0.2) is 47.4 Å². The molecule has 0 heterocycles. The Bertz CT molecular complexity index is 1120. The fraction of sp³-hybridized carbons (Fsp3) is 0.909. The first kappa shape index (κ1) is 70.3. The molecular weight excluding hydrogens is 887 g/mol. The Morgan fingerprint density at radius 1 is 0.389 bits per heavy atom. The molecule has 0 aromatic heterocycles. The summed E-state index contributed by atoms with van der Waals surface area (Å²) in [5, 5.41) is 23.3. The van der Waals surface area contributed by atoms with E-state index in [1.165, 1.54) is 270 Å². The molecule has 72 heavy (non-hydrogen) atoms. The number of amides is 1. The van der Waals surface area contributed by atoms with E-state index < -0.39 is 12.1 Å². The van der Waals surface area contributed by atoms with Crippen molar-refractivity contribution in [1.82, 2.24) is 5.32 Å². The van der Waals surface area contributed by atoms with Gasteiger partial charge in [-0.1, -0.05) is 327 Å². The van der Waals surface area contributed by atoms with Crippen molar-refractivity contribution < 1.29 is 24.5 Å². The highest BCUT2D eigenvalue weighted by Gasteiger charge is 2.20. The minimum absolute atomic E-state index is 0.0119. The molecule has 0 aliphatic heterocycles. The molecule has 0 saturated carbocycles. The largest absolute Gasteiger partial charge is 0.466 e. The minimum atomic E-state index is -0.700. The minimum Gasteiger partial charge on any atom is -0.466 e. The third-order valence-electron chi connectivity index (χ3n) is 15.3. The Hall–Kier alpha value is -1.66. The summed E-state index contributed by atoms with van der Waals surface area (Å²) in [5.41, 5.74) is 0. The van der Waals surface area contributed by atoms with Crippen LogP contribution in [0.15, 0.2) is 24.3 Å². The maximum Gasteiger partial charge on any atom is 0.305 e. The van der Waals surface area contributed by atoms with Gasteiger partial charge in [0.05, 0.1) is 25.4 Å². The summed E-state index contributed by atoms with van der Waals surface area (Å²) >= 11 is 0. The van der Waals surface area contributed by atoms with Gasteiger partial charge in [-0.2, -0.15) is 0 Å². The molecule has 0 aromatic rings. The molecule has 0 spiro atoms. The van der Waals surface area contributed by atoms with Crippen LogP contribution < -0.4 is 5.32 Å². The zero-order chi connectivity index (χ0) is 52.2. The van der Waals surface area contributed by atoms with Gasteiger partial charge in [0.2, 0.25) is 5.91 Å². The van der Waals surface area contributed by atoms with Gasteiger partial charge in [0.1, 0.15) is 0 Å². The van der Waals surface area contributed by atoms with Crippen LogP contribution in [0.25, 0.3) is 0 Å². The molecule has 3 N–H and O–H groups in total. The lowest BCUT2D eigenvalue weighted by Gasteiger charge is -2.22. The number of aliphatic hydroxyl groups excluding tert-OH is 2. The van der Waals surface area contributed by atoms with Gasteiger partial charge in [-0.15, -0.1) is 0 Å². The predicted molar refractivity (Wildman–Crippen MR) is 315 cm³/mol. The molecule has 426 valence electrons. The molecule has 2 atom stereocenters. The van der Waals surface area contributed by atoms with Gasteiger partial charge in [0.15, 0.2) is 0 Å². The number of esters is 1. The lowest BCUT2D eigenvalue weighted by atomic mass is 10.0. The van der Waals surface area contributed by atoms with Crippen molar-refractivity contribution in [3.05, 3.63) is 24.3 Å². The molecule has 0 radical (unpaired) electrons. The highest BCUT2D eigenvalue weighted by Crippen LogP contribution is 2.18. The average Bonchev–Trinajstić information content (AvgIpc) is 3.38. The van der Waals surface area contributed by atoms with Crippen LogP contribution in [0.1, 0.15) is 361 Å². The third-order valence-corrected chi connectivity index (χ3v) is 15.3. The zero-order valence-electron chi connectivity index (χ0n) is 48.7. The second kappa shape index (κ2) is 61.9. The average molecular weight is 1010 g/mol. The topological polar surface area (TPSA) is 95.9 Å². The number of ether oxygens (including phenoxy) is 1. The van der Waals surface area contributed by atoms with Crippen LogP contribution in [0, 0.1) is 0 Å². The highest BCUT2D eigenvalue weighted by molar-refractivity contribution is 5.76. The normalized spacial score (nSPS) is 12.7. The van der Waals surface area contributed by atoms with E-state index in [1.807, 2.05) is 0 Å². The first-order valence-electron chi connectivity index (χ1n) is 32.6. The standard InChI is InChI=1S/C66H127NO5/c1-3-5-7-9-11-13-15-17-19-21-22-23-24-25-26-27-28-30-31-34-38-42-46-50-54-58-64(69)63(62-68)67-65(70)59-55-51-47-43-39-35-33-37-41-45-49-53-57-61-72-66(71)60-56-52-48-44-40-36-32-29-20-18-16-14-12-10-8-6-4-2/h35,39,47,51,63-64,68-69H,3-34,36-38,40-46,48-50,52-62H2,1-2H3,(H,67,70)/b39-35-,51-47-. The fourth-order valence-corrected chi connectivity index (χ4v) is 10.3. The second-order valence-corrected chi connectivity index (χ2v) is 22.5. The van der Waals surface area contributed by atoms with Gasteiger partial charge in [-0.05, 0) is 44.9 Å². The number of carbonyl (C=O) groups excluding carboxylic acids is 2. The molecule has 6 heteroatoms.